The smallest absolute Gasteiger partial charge is 0.420 e. The maximum absolute atomic E-state index is 14.7. The van der Waals surface area contributed by atoms with Crippen LogP contribution in [0.3, 0.4) is 0 Å². The number of rotatable bonds is 2. The van der Waals surface area contributed by atoms with Gasteiger partial charge in [-0.25, -0.2) is 23.5 Å². The van der Waals surface area contributed by atoms with E-state index in [1.54, 1.807) is 44.0 Å². The second kappa shape index (κ2) is 9.66. The summed E-state index contributed by atoms with van der Waals surface area (Å²) in [5, 5.41) is 0.493. The highest BCUT2D eigenvalue weighted by Crippen LogP contribution is 2.43. The third kappa shape index (κ3) is 5.52. The molecule has 0 bridgehead atoms. The molecule has 2 atom stereocenters. The third-order valence-corrected chi connectivity index (χ3v) is 8.12. The molecular weight excluding hydrogens is 517 g/mol. The van der Waals surface area contributed by atoms with Gasteiger partial charge in [0.05, 0.1) is 22.3 Å². The zero-order valence-corrected chi connectivity index (χ0v) is 24.2. The van der Waals surface area contributed by atoms with Crippen molar-refractivity contribution in [3.63, 3.8) is 0 Å². The molecule has 8 nitrogen and oxygen atoms in total. The number of amides is 1. The van der Waals surface area contributed by atoms with Crippen molar-refractivity contribution >= 4 is 34.6 Å². The number of carbonyl (C=O) groups excluding carboxylic acids is 1. The zero-order valence-electron chi connectivity index (χ0n) is 23.4. The van der Waals surface area contributed by atoms with Crippen LogP contribution in [-0.2, 0) is 4.74 Å². The molecule has 10 heteroatoms. The van der Waals surface area contributed by atoms with Gasteiger partial charge in [-0.05, 0) is 97.5 Å². The van der Waals surface area contributed by atoms with Crippen LogP contribution >= 0.6 is 11.9 Å². The van der Waals surface area contributed by atoms with E-state index in [1.165, 1.54) is 18.0 Å². The van der Waals surface area contributed by atoms with Gasteiger partial charge in [0.1, 0.15) is 5.60 Å². The highest BCUT2D eigenvalue weighted by Gasteiger charge is 2.39. The summed E-state index contributed by atoms with van der Waals surface area (Å²) >= 11 is 1.47. The van der Waals surface area contributed by atoms with E-state index in [1.807, 2.05) is 40.7 Å². The molecule has 0 radical (unpaired) electrons. The number of hydrogen-bond donors (Lipinski definition) is 0. The maximum atomic E-state index is 14.7. The number of fused-ring (bicyclic) bond motifs is 2. The van der Waals surface area contributed by atoms with Crippen LogP contribution in [0.5, 0.6) is 0 Å². The fourth-order valence-corrected chi connectivity index (χ4v) is 6.36. The topological polar surface area (TPSA) is 81.7 Å². The van der Waals surface area contributed by atoms with Crippen molar-refractivity contribution in [3.8, 4) is 11.3 Å². The number of ether oxygens (including phenoxy) is 1. The minimum atomic E-state index is -0.594. The second-order valence-electron chi connectivity index (χ2n) is 11.9. The minimum absolute atomic E-state index is 0.118. The molecule has 39 heavy (non-hydrogen) atoms. The lowest BCUT2D eigenvalue weighted by Gasteiger charge is -2.33. The largest absolute Gasteiger partial charge is 0.443 e. The molecule has 1 unspecified atom stereocenters. The maximum Gasteiger partial charge on any atom is 0.420 e. The number of hydrogen-bond acceptors (Lipinski definition) is 6. The molecule has 1 saturated heterocycles. The molecule has 1 aliphatic heterocycles. The number of aryl methyl sites for hydroxylation is 1. The normalized spacial score (nSPS) is 19.8. The first-order valence-corrected chi connectivity index (χ1v) is 13.9. The van der Waals surface area contributed by atoms with Crippen LogP contribution in [0.1, 0.15) is 66.1 Å². The molecule has 1 amide bonds. The number of nitrogens with zero attached hydrogens (tertiary/aromatic N) is 5. The summed E-state index contributed by atoms with van der Waals surface area (Å²) < 4.78 is 25.1. The molecule has 5 rings (SSSR count). The van der Waals surface area contributed by atoms with Crippen molar-refractivity contribution in [1.82, 2.24) is 23.2 Å². The van der Waals surface area contributed by atoms with Gasteiger partial charge in [0.2, 0.25) is 0 Å². The average molecular weight is 552 g/mol. The van der Waals surface area contributed by atoms with Crippen LogP contribution < -0.4 is 5.56 Å². The van der Waals surface area contributed by atoms with Crippen LogP contribution in [0.15, 0.2) is 47.7 Å². The average Bonchev–Trinajstić information content (AvgIpc) is 3.16. The Morgan fingerprint density at radius 2 is 1.92 bits per heavy atom. The Labute approximate surface area is 231 Å². The van der Waals surface area contributed by atoms with Crippen molar-refractivity contribution in [3.05, 3.63) is 64.7 Å². The van der Waals surface area contributed by atoms with Gasteiger partial charge >= 0.3 is 6.09 Å². The number of pyridine rings is 3. The SMILES string of the molecule is Cc1cn2cc(-c3ccc4c(=O)n(C5C[C@H](C)N(C(=O)OC(C)(C)C)SC(C)(C)C5)ccc4n3)cc(F)c2n1. The summed E-state index contributed by atoms with van der Waals surface area (Å²) in [5.74, 6) is -0.429. The van der Waals surface area contributed by atoms with Crippen LogP contribution in [0, 0.1) is 12.7 Å². The lowest BCUT2D eigenvalue weighted by Crippen LogP contribution is -2.39. The fraction of sp³-hybridized carbons (Fsp3) is 0.448. The molecule has 4 aromatic rings. The van der Waals surface area contributed by atoms with Gasteiger partial charge in [0.15, 0.2) is 11.5 Å². The van der Waals surface area contributed by atoms with Gasteiger partial charge < -0.3 is 13.7 Å². The van der Waals surface area contributed by atoms with Crippen molar-refractivity contribution in [2.45, 2.75) is 83.7 Å². The standard InChI is InChI=1S/C29H34FN5O3S/c1-17-15-33-16-19(13-22(30)25(33)31-17)23-9-8-21-24(32-23)10-11-34(26(21)36)20-12-18(2)35(39-29(6,7)14-20)27(37)38-28(3,4)5/h8-11,13,15-16,18,20H,12,14H2,1-7H3/t18-,20?/m0/s1. The summed E-state index contributed by atoms with van der Waals surface area (Å²) in [5.41, 5.74) is 1.97. The fourth-order valence-electron chi connectivity index (χ4n) is 5.18. The lowest BCUT2D eigenvalue weighted by molar-refractivity contribution is 0.0356. The third-order valence-electron chi connectivity index (χ3n) is 6.76. The molecule has 0 aromatic carbocycles. The lowest BCUT2D eigenvalue weighted by atomic mass is 9.97. The van der Waals surface area contributed by atoms with Crippen molar-refractivity contribution < 1.29 is 13.9 Å². The summed E-state index contributed by atoms with van der Waals surface area (Å²) in [6.45, 7) is 13.5. The Hall–Kier alpha value is -3.40. The summed E-state index contributed by atoms with van der Waals surface area (Å²) in [7, 11) is 0. The minimum Gasteiger partial charge on any atom is -0.443 e. The summed E-state index contributed by atoms with van der Waals surface area (Å²) in [4.78, 5) is 35.5. The van der Waals surface area contributed by atoms with Crippen LogP contribution in [0.25, 0.3) is 27.8 Å². The van der Waals surface area contributed by atoms with E-state index in [4.69, 9.17) is 9.72 Å². The Morgan fingerprint density at radius 3 is 2.64 bits per heavy atom. The van der Waals surface area contributed by atoms with Crippen LogP contribution in [0.4, 0.5) is 9.18 Å². The quantitative estimate of drug-likeness (QED) is 0.263. The highest BCUT2D eigenvalue weighted by atomic mass is 32.2. The van der Waals surface area contributed by atoms with E-state index in [-0.39, 0.29) is 34.1 Å². The Kier molecular flexibility index (Phi) is 6.73. The molecule has 1 fully saturated rings. The number of aromatic nitrogens is 4. The number of carbonyl (C=O) groups is 1. The van der Waals surface area contributed by atoms with Gasteiger partial charge in [0, 0.05) is 41.0 Å². The van der Waals surface area contributed by atoms with E-state index in [9.17, 15) is 14.0 Å². The first kappa shape index (κ1) is 27.2. The predicted molar refractivity (Wildman–Crippen MR) is 152 cm³/mol. The van der Waals surface area contributed by atoms with Crippen molar-refractivity contribution in [2.24, 2.45) is 0 Å². The van der Waals surface area contributed by atoms with Crippen LogP contribution in [0.2, 0.25) is 0 Å². The summed E-state index contributed by atoms with van der Waals surface area (Å²) in [6, 6.07) is 6.49. The van der Waals surface area contributed by atoms with Gasteiger partial charge in [-0.2, -0.15) is 0 Å². The van der Waals surface area contributed by atoms with Gasteiger partial charge in [-0.15, -0.1) is 0 Å². The zero-order chi connectivity index (χ0) is 28.3. The second-order valence-corrected chi connectivity index (χ2v) is 13.6. The predicted octanol–water partition coefficient (Wildman–Crippen LogP) is 6.55. The molecular formula is C29H34FN5O3S. The van der Waals surface area contributed by atoms with E-state index in [0.717, 1.165) is 5.69 Å². The molecule has 1 aliphatic rings. The van der Waals surface area contributed by atoms with Crippen LogP contribution in [-0.4, -0.2) is 45.7 Å². The monoisotopic (exact) mass is 551 g/mol. The van der Waals surface area contributed by atoms with E-state index < -0.39 is 11.4 Å². The summed E-state index contributed by atoms with van der Waals surface area (Å²) in [6.07, 6.45) is 6.27. The molecule has 0 aliphatic carbocycles. The molecule has 5 heterocycles. The Morgan fingerprint density at radius 1 is 1.18 bits per heavy atom. The van der Waals surface area contributed by atoms with Gasteiger partial charge in [-0.3, -0.25) is 4.79 Å². The van der Waals surface area contributed by atoms with E-state index in [0.29, 0.717) is 35.0 Å². The first-order valence-electron chi connectivity index (χ1n) is 13.1. The molecule has 0 N–H and O–H groups in total. The van der Waals surface area contributed by atoms with Gasteiger partial charge in [-0.1, -0.05) is 0 Å². The Balaban J connectivity index is 1.47. The number of halogens is 1. The molecule has 0 spiro atoms. The van der Waals surface area contributed by atoms with Gasteiger partial charge in [0.25, 0.3) is 5.56 Å². The van der Waals surface area contributed by atoms with Crippen molar-refractivity contribution in [2.75, 3.05) is 0 Å². The van der Waals surface area contributed by atoms with Crippen molar-refractivity contribution in [1.29, 1.82) is 0 Å². The molecule has 4 aromatic heterocycles. The first-order chi connectivity index (χ1) is 18.2. The number of imidazole rings is 1. The molecule has 206 valence electrons. The Bertz CT molecular complexity index is 1640. The van der Waals surface area contributed by atoms with E-state index >= 15 is 0 Å². The van der Waals surface area contributed by atoms with E-state index in [2.05, 4.69) is 18.8 Å². The molecule has 0 saturated carbocycles. The highest BCUT2D eigenvalue weighted by molar-refractivity contribution is 7.98.